The molecule has 0 aliphatic heterocycles. The second-order valence-electron chi connectivity index (χ2n) is 12.6. The smallest absolute Gasteiger partial charge is 0.431 e. The van der Waals surface area contributed by atoms with E-state index < -0.39 is 12.3 Å². The van der Waals surface area contributed by atoms with Crippen LogP contribution in [0.15, 0.2) is 72.8 Å². The molecular formula is C40H38O6. The maximum absolute atomic E-state index is 12.9. The number of ether oxygens (including phenoxy) is 4. The largest absolute Gasteiger partial charge is 0.514 e. The third kappa shape index (κ3) is 5.71. The van der Waals surface area contributed by atoms with Crippen molar-refractivity contribution < 1.29 is 28.5 Å². The molecule has 0 spiro atoms. The number of carbonyl (C=O) groups excluding carboxylic acids is 2. The molecule has 0 aliphatic carbocycles. The molecule has 6 heteroatoms. The summed E-state index contributed by atoms with van der Waals surface area (Å²) in [6, 6.07) is 24.8. The standard InChI is InChI=1S/C40H38O6/c1-21(2)43-39(41)45-37-29-15-11-23(5)17-31(29)35(27-13-9-25(7)19-33(27)37)36-28-14-10-26(8)20-34(28)38(46-40(42)44-22(3)4)30-16-12-24(6)18-32(30)36/h9-22H,1-8H3. The van der Waals surface area contributed by atoms with Crippen LogP contribution in [-0.4, -0.2) is 24.5 Å². The van der Waals surface area contributed by atoms with Gasteiger partial charge in [0.25, 0.3) is 0 Å². The number of hydrogen-bond donors (Lipinski definition) is 0. The lowest BCUT2D eigenvalue weighted by Gasteiger charge is -2.22. The highest BCUT2D eigenvalue weighted by atomic mass is 16.7. The lowest BCUT2D eigenvalue weighted by atomic mass is 9.84. The van der Waals surface area contributed by atoms with E-state index in [0.717, 1.165) is 76.5 Å². The normalized spacial score (nSPS) is 11.6. The van der Waals surface area contributed by atoms with Crippen molar-refractivity contribution in [3.63, 3.8) is 0 Å². The first-order valence-corrected chi connectivity index (χ1v) is 15.6. The van der Waals surface area contributed by atoms with E-state index in [4.69, 9.17) is 18.9 Å². The highest BCUT2D eigenvalue weighted by Gasteiger charge is 2.25. The topological polar surface area (TPSA) is 71.1 Å². The molecule has 6 nitrogen and oxygen atoms in total. The Morgan fingerprint density at radius 2 is 0.739 bits per heavy atom. The van der Waals surface area contributed by atoms with E-state index in [2.05, 4.69) is 62.4 Å². The fraction of sp³-hybridized carbons (Fsp3) is 0.250. The Morgan fingerprint density at radius 3 is 1.07 bits per heavy atom. The molecule has 0 N–H and O–H groups in total. The summed E-state index contributed by atoms with van der Waals surface area (Å²) in [4.78, 5) is 25.9. The van der Waals surface area contributed by atoms with Crippen LogP contribution in [0.3, 0.4) is 0 Å². The number of benzene rings is 6. The molecule has 6 aromatic carbocycles. The highest BCUT2D eigenvalue weighted by molar-refractivity contribution is 6.27. The first-order valence-electron chi connectivity index (χ1n) is 15.6. The van der Waals surface area contributed by atoms with Crippen LogP contribution in [0.1, 0.15) is 49.9 Å². The molecule has 0 amide bonds. The van der Waals surface area contributed by atoms with Gasteiger partial charge in [0.15, 0.2) is 0 Å². The van der Waals surface area contributed by atoms with E-state index in [-0.39, 0.29) is 12.2 Å². The lowest BCUT2D eigenvalue weighted by Crippen LogP contribution is -2.16. The van der Waals surface area contributed by atoms with Gasteiger partial charge in [-0.2, -0.15) is 0 Å². The maximum Gasteiger partial charge on any atom is 0.514 e. The number of aryl methyl sites for hydroxylation is 4. The zero-order valence-electron chi connectivity index (χ0n) is 27.5. The third-order valence-corrected chi connectivity index (χ3v) is 8.04. The van der Waals surface area contributed by atoms with Gasteiger partial charge >= 0.3 is 12.3 Å². The van der Waals surface area contributed by atoms with E-state index in [9.17, 15) is 9.59 Å². The summed E-state index contributed by atoms with van der Waals surface area (Å²) < 4.78 is 22.9. The molecule has 0 bridgehead atoms. The van der Waals surface area contributed by atoms with E-state index in [1.807, 2.05) is 38.1 Å². The van der Waals surface area contributed by atoms with Gasteiger partial charge in [0, 0.05) is 21.5 Å². The fourth-order valence-electron chi connectivity index (χ4n) is 6.19. The van der Waals surface area contributed by atoms with Gasteiger partial charge in [-0.25, -0.2) is 9.59 Å². The van der Waals surface area contributed by atoms with Crippen LogP contribution in [-0.2, 0) is 9.47 Å². The summed E-state index contributed by atoms with van der Waals surface area (Å²) >= 11 is 0. The summed E-state index contributed by atoms with van der Waals surface area (Å²) in [5, 5.41) is 6.90. The van der Waals surface area contributed by atoms with Crippen LogP contribution in [0.5, 0.6) is 11.5 Å². The average Bonchev–Trinajstić information content (AvgIpc) is 2.97. The molecule has 46 heavy (non-hydrogen) atoms. The van der Waals surface area contributed by atoms with Crippen molar-refractivity contribution in [2.75, 3.05) is 0 Å². The van der Waals surface area contributed by atoms with E-state index in [1.165, 1.54) is 0 Å². The molecule has 0 heterocycles. The third-order valence-electron chi connectivity index (χ3n) is 8.04. The Hall–Kier alpha value is -5.10. The number of carbonyl (C=O) groups is 2. The molecule has 6 rings (SSSR count). The summed E-state index contributed by atoms with van der Waals surface area (Å²) in [5.74, 6) is 0.917. The molecule has 0 aliphatic rings. The van der Waals surface area contributed by atoms with Gasteiger partial charge in [0.2, 0.25) is 0 Å². The van der Waals surface area contributed by atoms with Crippen molar-refractivity contribution >= 4 is 55.4 Å². The molecule has 0 fully saturated rings. The molecule has 0 aromatic heterocycles. The van der Waals surface area contributed by atoms with E-state index >= 15 is 0 Å². The monoisotopic (exact) mass is 614 g/mol. The molecular weight excluding hydrogens is 576 g/mol. The van der Waals surface area contributed by atoms with Gasteiger partial charge in [-0.3, -0.25) is 0 Å². The van der Waals surface area contributed by atoms with Gasteiger partial charge in [-0.15, -0.1) is 0 Å². The van der Waals surface area contributed by atoms with Crippen LogP contribution in [0, 0.1) is 27.7 Å². The molecule has 234 valence electrons. The first-order chi connectivity index (χ1) is 21.9. The molecule has 6 aromatic rings. The predicted octanol–water partition coefficient (Wildman–Crippen LogP) is 11.0. The minimum Gasteiger partial charge on any atom is -0.431 e. The van der Waals surface area contributed by atoms with Gasteiger partial charge in [0.1, 0.15) is 11.5 Å². The first kappa shape index (κ1) is 30.9. The van der Waals surface area contributed by atoms with Gasteiger partial charge in [0.05, 0.1) is 12.2 Å². The Balaban J connectivity index is 1.80. The van der Waals surface area contributed by atoms with Crippen molar-refractivity contribution in [1.82, 2.24) is 0 Å². The number of rotatable bonds is 5. The number of hydrogen-bond acceptors (Lipinski definition) is 6. The molecule has 0 radical (unpaired) electrons. The van der Waals surface area contributed by atoms with Crippen molar-refractivity contribution in [3.05, 3.63) is 95.1 Å². The zero-order chi connectivity index (χ0) is 32.9. The molecule has 0 saturated heterocycles. The summed E-state index contributed by atoms with van der Waals surface area (Å²) in [7, 11) is 0. The van der Waals surface area contributed by atoms with Crippen LogP contribution >= 0.6 is 0 Å². The van der Waals surface area contributed by atoms with Crippen molar-refractivity contribution in [3.8, 4) is 22.6 Å². The summed E-state index contributed by atoms with van der Waals surface area (Å²) in [6.45, 7) is 15.3. The van der Waals surface area contributed by atoms with E-state index in [1.54, 1.807) is 27.7 Å². The molecule has 0 unspecified atom stereocenters. The number of fused-ring (bicyclic) bond motifs is 4. The average molecular weight is 615 g/mol. The quantitative estimate of drug-likeness (QED) is 0.109. The Kier molecular flexibility index (Phi) is 8.07. The highest BCUT2D eigenvalue weighted by Crippen LogP contribution is 2.50. The van der Waals surface area contributed by atoms with Crippen LogP contribution < -0.4 is 9.47 Å². The second kappa shape index (κ2) is 12.0. The Bertz CT molecular complexity index is 2030. The van der Waals surface area contributed by atoms with Crippen molar-refractivity contribution in [2.24, 2.45) is 0 Å². The summed E-state index contributed by atoms with van der Waals surface area (Å²) in [5.41, 5.74) is 6.18. The minimum atomic E-state index is -0.746. The van der Waals surface area contributed by atoms with Crippen molar-refractivity contribution in [1.29, 1.82) is 0 Å². The van der Waals surface area contributed by atoms with Gasteiger partial charge in [-0.05, 0) is 100 Å². The zero-order valence-corrected chi connectivity index (χ0v) is 27.5. The van der Waals surface area contributed by atoms with E-state index in [0.29, 0.717) is 11.5 Å². The second-order valence-corrected chi connectivity index (χ2v) is 12.6. The Morgan fingerprint density at radius 1 is 0.435 bits per heavy atom. The van der Waals surface area contributed by atoms with Crippen molar-refractivity contribution in [2.45, 2.75) is 67.6 Å². The SMILES string of the molecule is Cc1ccc2c(-c3c4ccc(C)cc4c(OC(=O)OC(C)C)c4ccc(C)cc34)c3cc(C)ccc3c(OC(=O)OC(C)C)c2c1. The fourth-order valence-corrected chi connectivity index (χ4v) is 6.19. The van der Waals surface area contributed by atoms with Crippen LogP contribution in [0.2, 0.25) is 0 Å². The minimum absolute atomic E-state index is 0.323. The molecule has 0 atom stereocenters. The van der Waals surface area contributed by atoms with Crippen LogP contribution in [0.25, 0.3) is 54.2 Å². The van der Waals surface area contributed by atoms with Gasteiger partial charge in [-0.1, -0.05) is 82.9 Å². The summed E-state index contributed by atoms with van der Waals surface area (Å²) in [6.07, 6.45) is -2.14. The predicted molar refractivity (Wildman–Crippen MR) is 185 cm³/mol. The lowest BCUT2D eigenvalue weighted by molar-refractivity contribution is 0.0725. The maximum atomic E-state index is 12.9. The Labute approximate surface area is 268 Å². The van der Waals surface area contributed by atoms with Crippen LogP contribution in [0.4, 0.5) is 9.59 Å². The van der Waals surface area contributed by atoms with Gasteiger partial charge < -0.3 is 18.9 Å². The molecule has 0 saturated carbocycles.